The van der Waals surface area contributed by atoms with Crippen molar-refractivity contribution in [2.24, 2.45) is 0 Å². The first kappa shape index (κ1) is 15.2. The Morgan fingerprint density at radius 1 is 1.35 bits per heavy atom. The van der Waals surface area contributed by atoms with Crippen LogP contribution in [-0.2, 0) is 0 Å². The Morgan fingerprint density at radius 2 is 2.17 bits per heavy atom. The number of aromatic amines is 1. The van der Waals surface area contributed by atoms with Gasteiger partial charge in [-0.25, -0.2) is 9.37 Å². The number of hydrogen-bond acceptors (Lipinski definition) is 2. The second kappa shape index (κ2) is 6.20. The molecule has 23 heavy (non-hydrogen) atoms. The summed E-state index contributed by atoms with van der Waals surface area (Å²) < 4.78 is 13.4. The maximum Gasteiger partial charge on any atom is 0.253 e. The molecule has 0 radical (unpaired) electrons. The fourth-order valence-corrected chi connectivity index (χ4v) is 2.42. The first-order valence-electron chi connectivity index (χ1n) is 7.62. The van der Waals surface area contributed by atoms with E-state index in [4.69, 9.17) is 0 Å². The number of H-pyrrole nitrogens is 1. The van der Waals surface area contributed by atoms with E-state index in [1.807, 2.05) is 26.0 Å². The van der Waals surface area contributed by atoms with Gasteiger partial charge in [-0.15, -0.1) is 0 Å². The van der Waals surface area contributed by atoms with Gasteiger partial charge in [0, 0.05) is 29.4 Å². The summed E-state index contributed by atoms with van der Waals surface area (Å²) in [6.45, 7) is 3.98. The number of carbonyl (C=O) groups is 1. The average Bonchev–Trinajstić information content (AvgIpc) is 2.97. The minimum atomic E-state index is -0.300. The number of nitrogens with zero attached hydrogens (tertiary/aromatic N) is 1. The van der Waals surface area contributed by atoms with E-state index in [-0.39, 0.29) is 17.8 Å². The first-order chi connectivity index (χ1) is 11.1. The zero-order chi connectivity index (χ0) is 16.4. The van der Waals surface area contributed by atoms with Crippen molar-refractivity contribution in [3.05, 3.63) is 54.1 Å². The molecule has 5 heteroatoms. The lowest BCUT2D eigenvalue weighted by molar-refractivity contribution is 0.0941. The van der Waals surface area contributed by atoms with E-state index in [1.54, 1.807) is 18.5 Å². The van der Waals surface area contributed by atoms with Crippen LogP contribution in [0.3, 0.4) is 0 Å². The smallest absolute Gasteiger partial charge is 0.253 e. The van der Waals surface area contributed by atoms with Gasteiger partial charge in [-0.05, 0) is 37.1 Å². The van der Waals surface area contributed by atoms with Gasteiger partial charge in [0.2, 0.25) is 0 Å². The number of aromatic nitrogens is 2. The van der Waals surface area contributed by atoms with Crippen LogP contribution in [0.15, 0.2) is 42.7 Å². The summed E-state index contributed by atoms with van der Waals surface area (Å²) in [6.07, 6.45) is 4.19. The van der Waals surface area contributed by atoms with E-state index in [0.717, 1.165) is 22.9 Å². The number of fused-ring (bicyclic) bond motifs is 1. The molecule has 0 fully saturated rings. The molecule has 0 aliphatic rings. The van der Waals surface area contributed by atoms with Crippen molar-refractivity contribution >= 4 is 16.9 Å². The van der Waals surface area contributed by atoms with Gasteiger partial charge >= 0.3 is 0 Å². The van der Waals surface area contributed by atoms with Crippen molar-refractivity contribution in [2.75, 3.05) is 0 Å². The third-order valence-electron chi connectivity index (χ3n) is 3.92. The van der Waals surface area contributed by atoms with Crippen LogP contribution in [0.2, 0.25) is 0 Å². The maximum absolute atomic E-state index is 13.4. The first-order valence-corrected chi connectivity index (χ1v) is 7.62. The number of halogens is 1. The number of nitrogens with one attached hydrogen (secondary N) is 2. The third kappa shape index (κ3) is 3.08. The molecule has 2 aromatic heterocycles. The van der Waals surface area contributed by atoms with E-state index >= 15 is 0 Å². The SMILES string of the molecule is CC[C@@H](C)NC(=O)c1c[nH]c2ncc(-c3cccc(F)c3)cc12. The van der Waals surface area contributed by atoms with E-state index < -0.39 is 0 Å². The lowest BCUT2D eigenvalue weighted by Gasteiger charge is -2.10. The van der Waals surface area contributed by atoms with E-state index in [1.165, 1.54) is 12.1 Å². The van der Waals surface area contributed by atoms with Crippen LogP contribution in [0.25, 0.3) is 22.2 Å². The molecule has 1 amide bonds. The van der Waals surface area contributed by atoms with Crippen molar-refractivity contribution in [2.45, 2.75) is 26.3 Å². The van der Waals surface area contributed by atoms with Crippen molar-refractivity contribution in [3.63, 3.8) is 0 Å². The van der Waals surface area contributed by atoms with Crippen LogP contribution in [0.5, 0.6) is 0 Å². The van der Waals surface area contributed by atoms with Crippen molar-refractivity contribution in [3.8, 4) is 11.1 Å². The molecule has 0 saturated carbocycles. The molecule has 2 N–H and O–H groups in total. The van der Waals surface area contributed by atoms with Gasteiger partial charge in [-0.2, -0.15) is 0 Å². The van der Waals surface area contributed by atoms with Crippen LogP contribution in [-0.4, -0.2) is 21.9 Å². The summed E-state index contributed by atoms with van der Waals surface area (Å²) in [5.41, 5.74) is 2.69. The topological polar surface area (TPSA) is 57.8 Å². The highest BCUT2D eigenvalue weighted by Crippen LogP contribution is 2.25. The third-order valence-corrected chi connectivity index (χ3v) is 3.92. The fourth-order valence-electron chi connectivity index (χ4n) is 2.42. The van der Waals surface area contributed by atoms with Gasteiger partial charge in [0.25, 0.3) is 5.91 Å². The Labute approximate surface area is 133 Å². The summed E-state index contributed by atoms with van der Waals surface area (Å²) in [7, 11) is 0. The lowest BCUT2D eigenvalue weighted by Crippen LogP contribution is -2.31. The molecule has 118 valence electrons. The summed E-state index contributed by atoms with van der Waals surface area (Å²) in [5, 5.41) is 3.67. The Bertz CT molecular complexity index is 856. The highest BCUT2D eigenvalue weighted by Gasteiger charge is 2.15. The van der Waals surface area contributed by atoms with Gasteiger partial charge < -0.3 is 10.3 Å². The number of rotatable bonds is 4. The van der Waals surface area contributed by atoms with Gasteiger partial charge in [0.05, 0.1) is 5.56 Å². The number of carbonyl (C=O) groups excluding carboxylic acids is 1. The zero-order valence-electron chi connectivity index (χ0n) is 13.1. The minimum Gasteiger partial charge on any atom is -0.350 e. The Morgan fingerprint density at radius 3 is 2.91 bits per heavy atom. The number of hydrogen-bond donors (Lipinski definition) is 2. The van der Waals surface area contributed by atoms with E-state index in [2.05, 4.69) is 15.3 Å². The molecule has 0 spiro atoms. The van der Waals surface area contributed by atoms with Crippen LogP contribution < -0.4 is 5.32 Å². The normalized spacial score (nSPS) is 12.3. The predicted octanol–water partition coefficient (Wildman–Crippen LogP) is 3.90. The summed E-state index contributed by atoms with van der Waals surface area (Å²) >= 11 is 0. The summed E-state index contributed by atoms with van der Waals surface area (Å²) in [6, 6.07) is 8.29. The molecule has 1 atom stereocenters. The number of pyridine rings is 1. The monoisotopic (exact) mass is 311 g/mol. The molecule has 0 unspecified atom stereocenters. The molecule has 0 saturated heterocycles. The van der Waals surface area contributed by atoms with Crippen molar-refractivity contribution < 1.29 is 9.18 Å². The van der Waals surface area contributed by atoms with Crippen LogP contribution >= 0.6 is 0 Å². The molecule has 3 aromatic rings. The molecule has 3 rings (SSSR count). The second-order valence-electron chi connectivity index (χ2n) is 5.62. The minimum absolute atomic E-state index is 0.104. The van der Waals surface area contributed by atoms with Gasteiger partial charge in [-0.1, -0.05) is 19.1 Å². The Balaban J connectivity index is 2.02. The Hall–Kier alpha value is -2.69. The number of benzene rings is 1. The molecule has 2 heterocycles. The maximum atomic E-state index is 13.4. The summed E-state index contributed by atoms with van der Waals surface area (Å²) in [4.78, 5) is 19.7. The van der Waals surface area contributed by atoms with Crippen molar-refractivity contribution in [1.82, 2.24) is 15.3 Å². The van der Waals surface area contributed by atoms with Gasteiger partial charge in [0.1, 0.15) is 11.5 Å². The molecular formula is C18H18FN3O. The average molecular weight is 311 g/mol. The predicted molar refractivity (Wildman–Crippen MR) is 88.7 cm³/mol. The zero-order valence-corrected chi connectivity index (χ0v) is 13.1. The summed E-state index contributed by atoms with van der Waals surface area (Å²) in [5.74, 6) is -0.435. The molecule has 0 aliphatic carbocycles. The lowest BCUT2D eigenvalue weighted by atomic mass is 10.1. The molecule has 0 bridgehead atoms. The second-order valence-corrected chi connectivity index (χ2v) is 5.62. The fraction of sp³-hybridized carbons (Fsp3) is 0.222. The Kier molecular flexibility index (Phi) is 4.10. The number of amides is 1. The van der Waals surface area contributed by atoms with Gasteiger partial charge in [-0.3, -0.25) is 4.79 Å². The standard InChI is InChI=1S/C18H18FN3O/c1-3-11(2)22-18(23)16-10-21-17-15(16)8-13(9-20-17)12-5-4-6-14(19)7-12/h4-11H,3H2,1-2H3,(H,20,21)(H,22,23)/t11-/m1/s1. The van der Waals surface area contributed by atoms with E-state index in [9.17, 15) is 9.18 Å². The molecule has 1 aromatic carbocycles. The molecule has 0 aliphatic heterocycles. The highest BCUT2D eigenvalue weighted by molar-refractivity contribution is 6.06. The van der Waals surface area contributed by atoms with Gasteiger partial charge in [0.15, 0.2) is 0 Å². The molecular weight excluding hydrogens is 293 g/mol. The van der Waals surface area contributed by atoms with E-state index in [0.29, 0.717) is 11.2 Å². The van der Waals surface area contributed by atoms with Crippen LogP contribution in [0.1, 0.15) is 30.6 Å². The van der Waals surface area contributed by atoms with Crippen LogP contribution in [0, 0.1) is 5.82 Å². The largest absolute Gasteiger partial charge is 0.350 e. The quantitative estimate of drug-likeness (QED) is 0.768. The highest BCUT2D eigenvalue weighted by atomic mass is 19.1. The van der Waals surface area contributed by atoms with Crippen molar-refractivity contribution in [1.29, 1.82) is 0 Å². The van der Waals surface area contributed by atoms with Crippen LogP contribution in [0.4, 0.5) is 4.39 Å². The molecule has 4 nitrogen and oxygen atoms in total.